The lowest BCUT2D eigenvalue weighted by atomic mass is 10.2. The molecule has 0 saturated heterocycles. The molecule has 1 rings (SSSR count). The molecule has 0 aromatic rings. The van der Waals surface area contributed by atoms with Crippen molar-refractivity contribution in [2.24, 2.45) is 0 Å². The average molecular weight is 465 g/mol. The van der Waals surface area contributed by atoms with Gasteiger partial charge in [-0.15, -0.1) is 0 Å². The maximum Gasteiger partial charge on any atom is 0.376 e. The van der Waals surface area contributed by atoms with Crippen LogP contribution in [0.5, 0.6) is 0 Å². The molecule has 0 spiro atoms. The first-order chi connectivity index (χ1) is 12.3. The van der Waals surface area contributed by atoms with E-state index in [0.29, 0.717) is 12.4 Å². The molecule has 1 aliphatic heterocycles. The fourth-order valence-electron chi connectivity index (χ4n) is 2.50. The summed E-state index contributed by atoms with van der Waals surface area (Å²) in [6, 6.07) is 0. The predicted molar refractivity (Wildman–Crippen MR) is 123 cm³/mol. The van der Waals surface area contributed by atoms with E-state index in [2.05, 4.69) is 58.9 Å². The maximum absolute atomic E-state index is 12.7. The van der Waals surface area contributed by atoms with Crippen molar-refractivity contribution in [1.29, 1.82) is 0 Å². The van der Waals surface area contributed by atoms with Crippen LogP contribution in [-0.4, -0.2) is 58.1 Å². The maximum atomic E-state index is 12.7. The van der Waals surface area contributed by atoms with Gasteiger partial charge < -0.3 is 22.4 Å². The minimum atomic E-state index is -2.02. The monoisotopic (exact) mass is 464 g/mol. The molecule has 0 bridgehead atoms. The molecule has 0 radical (unpaired) electrons. The van der Waals surface area contributed by atoms with E-state index in [1.165, 1.54) is 0 Å². The van der Waals surface area contributed by atoms with Crippen molar-refractivity contribution in [2.45, 2.75) is 90.8 Å². The van der Waals surface area contributed by atoms with E-state index in [0.717, 1.165) is 0 Å². The second-order valence-corrected chi connectivity index (χ2v) is 29.0. The Morgan fingerprint density at radius 1 is 0.786 bits per heavy atom. The van der Waals surface area contributed by atoms with Gasteiger partial charge in [0, 0.05) is 0 Å². The molecule has 2 atom stereocenters. The van der Waals surface area contributed by atoms with Gasteiger partial charge in [-0.1, -0.05) is 0 Å². The minimum Gasteiger partial charge on any atom is -0.542 e. The van der Waals surface area contributed by atoms with Crippen LogP contribution in [0.25, 0.3) is 0 Å². The number of rotatable bonds is 10. The highest BCUT2D eigenvalue weighted by Crippen LogP contribution is 2.33. The zero-order valence-corrected chi connectivity index (χ0v) is 23.8. The predicted octanol–water partition coefficient (Wildman–Crippen LogP) is 4.90. The first-order valence-corrected chi connectivity index (χ1v) is 23.6. The van der Waals surface area contributed by atoms with Crippen LogP contribution in [0, 0.1) is 0 Å². The quantitative estimate of drug-likeness (QED) is 0.338. The van der Waals surface area contributed by atoms with E-state index in [1.54, 1.807) is 0 Å². The molecule has 0 aliphatic carbocycles. The number of hydrogen-bond donors (Lipinski definition) is 0. The van der Waals surface area contributed by atoms with Crippen molar-refractivity contribution in [3.8, 4) is 0 Å². The highest BCUT2D eigenvalue weighted by atomic mass is 28.4. The fourth-order valence-corrected chi connectivity index (χ4v) is 5.93. The van der Waals surface area contributed by atoms with Crippen molar-refractivity contribution >= 4 is 39.2 Å². The molecule has 6 nitrogen and oxygen atoms in total. The van der Waals surface area contributed by atoms with Crippen LogP contribution in [-0.2, 0) is 27.2 Å². The van der Waals surface area contributed by atoms with Crippen LogP contribution >= 0.6 is 0 Å². The number of cyclic esters (lactones) is 1. The smallest absolute Gasteiger partial charge is 0.376 e. The van der Waals surface area contributed by atoms with E-state index in [9.17, 15) is 4.79 Å². The molecule has 1 unspecified atom stereocenters. The summed E-state index contributed by atoms with van der Waals surface area (Å²) in [5, 5.41) is 0. The highest BCUT2D eigenvalue weighted by Gasteiger charge is 2.46. The Kier molecular flexibility index (Phi) is 8.02. The fraction of sp³-hybridized carbons (Fsp3) is 0.833. The largest absolute Gasteiger partial charge is 0.542 e. The highest BCUT2D eigenvalue weighted by molar-refractivity contribution is 6.71. The van der Waals surface area contributed by atoms with Crippen molar-refractivity contribution in [2.75, 3.05) is 6.61 Å². The zero-order valence-electron chi connectivity index (χ0n) is 19.8. The molecule has 1 aliphatic rings. The molecule has 28 heavy (non-hydrogen) atoms. The third-order valence-corrected chi connectivity index (χ3v) is 6.94. The standard InChI is InChI=1S/C18H40O6Si4/c1-25(2,3)20-13-14(22-26(4,5)6)15-16(23-27(7,8)9)17(18(19)21-15)24-28(10,11)12/h14-15H,13H2,1-12H3/t14-,15?/m1/s1. The van der Waals surface area contributed by atoms with E-state index < -0.39 is 51.4 Å². The lowest BCUT2D eigenvalue weighted by Crippen LogP contribution is -2.46. The van der Waals surface area contributed by atoms with Gasteiger partial charge in [-0.05, 0) is 78.6 Å². The summed E-state index contributed by atoms with van der Waals surface area (Å²) in [6.45, 7) is 25.5. The topological polar surface area (TPSA) is 63.2 Å². The summed E-state index contributed by atoms with van der Waals surface area (Å²) >= 11 is 0. The average Bonchev–Trinajstić information content (AvgIpc) is 2.66. The molecule has 1 heterocycles. The molecule has 0 N–H and O–H groups in total. The molecule has 0 fully saturated rings. The van der Waals surface area contributed by atoms with Gasteiger partial charge in [-0.3, -0.25) is 0 Å². The van der Waals surface area contributed by atoms with Crippen molar-refractivity contribution in [1.82, 2.24) is 0 Å². The van der Waals surface area contributed by atoms with Crippen molar-refractivity contribution < 1.29 is 27.2 Å². The van der Waals surface area contributed by atoms with Gasteiger partial charge in [0.2, 0.25) is 22.4 Å². The molecular weight excluding hydrogens is 425 g/mol. The number of carbonyl (C=O) groups excluding carboxylic acids is 1. The van der Waals surface area contributed by atoms with E-state index in [4.69, 9.17) is 22.4 Å². The van der Waals surface area contributed by atoms with Gasteiger partial charge in [0.25, 0.3) is 0 Å². The van der Waals surface area contributed by atoms with Gasteiger partial charge >= 0.3 is 5.97 Å². The second kappa shape index (κ2) is 8.76. The Bertz CT molecular complexity index is 593. The Morgan fingerprint density at radius 2 is 1.29 bits per heavy atom. The van der Waals surface area contributed by atoms with Crippen LogP contribution < -0.4 is 0 Å². The van der Waals surface area contributed by atoms with E-state index >= 15 is 0 Å². The number of ether oxygens (including phenoxy) is 1. The normalized spacial score (nSPS) is 20.3. The number of carbonyl (C=O) groups is 1. The number of esters is 1. The molecule has 0 aromatic heterocycles. The summed E-state index contributed by atoms with van der Waals surface area (Å²) in [7, 11) is -7.71. The molecule has 0 amide bonds. The van der Waals surface area contributed by atoms with E-state index in [-0.39, 0.29) is 5.76 Å². The Labute approximate surface area is 175 Å². The second-order valence-electron chi connectivity index (χ2n) is 11.1. The summed E-state index contributed by atoms with van der Waals surface area (Å²) in [4.78, 5) is 12.7. The first kappa shape index (κ1) is 25.6. The SMILES string of the molecule is C[Si](C)(C)OC[C@@H](O[Si](C)(C)C)C1OC(=O)C(O[Si](C)(C)C)=C1O[Si](C)(C)C. The third-order valence-electron chi connectivity index (χ3n) is 3.25. The summed E-state index contributed by atoms with van der Waals surface area (Å²) in [6.07, 6.45) is -1.04. The van der Waals surface area contributed by atoms with Crippen molar-refractivity contribution in [3.63, 3.8) is 0 Å². The zero-order chi connectivity index (χ0) is 22.1. The first-order valence-electron chi connectivity index (χ1n) is 9.92. The van der Waals surface area contributed by atoms with Crippen molar-refractivity contribution in [3.05, 3.63) is 11.5 Å². The Balaban J connectivity index is 3.33. The number of hydrogen-bond acceptors (Lipinski definition) is 6. The van der Waals surface area contributed by atoms with Crippen LogP contribution in [0.3, 0.4) is 0 Å². The third kappa shape index (κ3) is 9.40. The van der Waals surface area contributed by atoms with Crippen LogP contribution in [0.1, 0.15) is 0 Å². The Morgan fingerprint density at radius 3 is 1.68 bits per heavy atom. The van der Waals surface area contributed by atoms with Crippen LogP contribution in [0.4, 0.5) is 0 Å². The summed E-state index contributed by atoms with van der Waals surface area (Å²) < 4.78 is 30.7. The van der Waals surface area contributed by atoms with Gasteiger partial charge in [0.05, 0.1) is 6.61 Å². The Hall–Kier alpha value is -0.402. The minimum absolute atomic E-state index is 0.226. The summed E-state index contributed by atoms with van der Waals surface area (Å²) in [5.41, 5.74) is 0. The lowest BCUT2D eigenvalue weighted by molar-refractivity contribution is -0.146. The molecular formula is C18H40O6Si4. The lowest BCUT2D eigenvalue weighted by Gasteiger charge is -2.34. The molecule has 10 heteroatoms. The van der Waals surface area contributed by atoms with Crippen LogP contribution in [0.15, 0.2) is 11.5 Å². The van der Waals surface area contributed by atoms with Gasteiger partial charge in [-0.2, -0.15) is 0 Å². The molecule has 0 aromatic carbocycles. The van der Waals surface area contributed by atoms with Crippen LogP contribution in [0.2, 0.25) is 78.6 Å². The molecule has 0 saturated carbocycles. The molecule has 164 valence electrons. The summed E-state index contributed by atoms with van der Waals surface area (Å²) in [5.74, 6) is 0.260. The van der Waals surface area contributed by atoms with E-state index in [1.807, 2.05) is 19.6 Å². The van der Waals surface area contributed by atoms with Gasteiger partial charge in [0.1, 0.15) is 6.10 Å². The van der Waals surface area contributed by atoms with Gasteiger partial charge in [0.15, 0.2) is 28.5 Å². The van der Waals surface area contributed by atoms with Gasteiger partial charge in [-0.25, -0.2) is 4.79 Å².